The fourth-order valence-electron chi connectivity index (χ4n) is 2.86. The summed E-state index contributed by atoms with van der Waals surface area (Å²) >= 11 is 0. The van der Waals surface area contributed by atoms with E-state index < -0.39 is 0 Å². The molecular formula is C17H41N5. The summed E-state index contributed by atoms with van der Waals surface area (Å²) in [5.41, 5.74) is 11.4. The number of rotatable bonds is 15. The quantitative estimate of drug-likeness (QED) is 0.473. The molecule has 0 saturated heterocycles. The van der Waals surface area contributed by atoms with Gasteiger partial charge in [0.1, 0.15) is 0 Å². The summed E-state index contributed by atoms with van der Waals surface area (Å²) in [4.78, 5) is 7.20. The third-order valence-electron chi connectivity index (χ3n) is 4.10. The molecule has 4 N–H and O–H groups in total. The van der Waals surface area contributed by atoms with E-state index >= 15 is 0 Å². The van der Waals surface area contributed by atoms with Crippen molar-refractivity contribution in [2.75, 3.05) is 67.5 Å². The Kier molecular flexibility index (Phi) is 14.3. The first-order chi connectivity index (χ1) is 10.5. The van der Waals surface area contributed by atoms with Crippen LogP contribution in [0.25, 0.3) is 0 Å². The van der Waals surface area contributed by atoms with E-state index in [2.05, 4.69) is 42.9 Å². The zero-order valence-corrected chi connectivity index (χ0v) is 15.6. The Hall–Kier alpha value is -0.200. The lowest BCUT2D eigenvalue weighted by atomic mass is 10.0. The maximum Gasteiger partial charge on any atom is 0.00962 e. The van der Waals surface area contributed by atoms with Crippen LogP contribution in [0, 0.1) is 0 Å². The van der Waals surface area contributed by atoms with Crippen molar-refractivity contribution < 1.29 is 0 Å². The maximum absolute atomic E-state index is 5.72. The molecule has 0 atom stereocenters. The van der Waals surface area contributed by atoms with Crippen LogP contribution < -0.4 is 11.5 Å². The Morgan fingerprint density at radius 2 is 1.05 bits per heavy atom. The molecule has 5 heteroatoms. The van der Waals surface area contributed by atoms with E-state index in [0.717, 1.165) is 39.0 Å². The number of hydrogen-bond donors (Lipinski definition) is 2. The molecule has 0 aromatic carbocycles. The van der Waals surface area contributed by atoms with Gasteiger partial charge in [-0.25, -0.2) is 0 Å². The molecule has 0 spiro atoms. The number of nitrogens with two attached hydrogens (primary N) is 2. The molecule has 5 nitrogen and oxygen atoms in total. The normalized spacial score (nSPS) is 12.3. The molecule has 0 heterocycles. The van der Waals surface area contributed by atoms with Gasteiger partial charge >= 0.3 is 0 Å². The van der Waals surface area contributed by atoms with E-state index in [1.807, 2.05) is 0 Å². The Balaban J connectivity index is 4.47. The molecule has 0 radical (unpaired) electrons. The molecule has 0 aliphatic heterocycles. The van der Waals surface area contributed by atoms with Gasteiger partial charge in [-0.2, -0.15) is 0 Å². The molecule has 134 valence electrons. The smallest absolute Gasteiger partial charge is 0.00962 e. The molecule has 22 heavy (non-hydrogen) atoms. The van der Waals surface area contributed by atoms with Gasteiger partial charge in [0.2, 0.25) is 0 Å². The van der Waals surface area contributed by atoms with Crippen LogP contribution in [0.1, 0.15) is 38.5 Å². The summed E-state index contributed by atoms with van der Waals surface area (Å²) in [5, 5.41) is 0. The molecule has 0 saturated carbocycles. The zero-order valence-electron chi connectivity index (χ0n) is 15.6. The van der Waals surface area contributed by atoms with Gasteiger partial charge in [-0.05, 0) is 106 Å². The lowest BCUT2D eigenvalue weighted by Gasteiger charge is -2.32. The fourth-order valence-corrected chi connectivity index (χ4v) is 2.86. The van der Waals surface area contributed by atoms with Crippen LogP contribution in [0.3, 0.4) is 0 Å². The largest absolute Gasteiger partial charge is 0.330 e. The monoisotopic (exact) mass is 315 g/mol. The highest BCUT2D eigenvalue weighted by atomic mass is 15.2. The highest BCUT2D eigenvalue weighted by Gasteiger charge is 2.17. The van der Waals surface area contributed by atoms with Crippen molar-refractivity contribution >= 4 is 0 Å². The van der Waals surface area contributed by atoms with Crippen LogP contribution >= 0.6 is 0 Å². The van der Waals surface area contributed by atoms with Gasteiger partial charge in [0, 0.05) is 6.04 Å². The van der Waals surface area contributed by atoms with Crippen LogP contribution in [-0.4, -0.2) is 88.2 Å². The molecule has 0 aromatic rings. The van der Waals surface area contributed by atoms with Crippen LogP contribution in [0.2, 0.25) is 0 Å². The van der Waals surface area contributed by atoms with E-state index in [1.54, 1.807) is 0 Å². The molecule has 0 bridgehead atoms. The first-order valence-corrected chi connectivity index (χ1v) is 8.94. The molecular weight excluding hydrogens is 274 g/mol. The highest BCUT2D eigenvalue weighted by Crippen LogP contribution is 2.15. The molecule has 0 aliphatic carbocycles. The van der Waals surface area contributed by atoms with Crippen LogP contribution in [0.15, 0.2) is 0 Å². The Bertz CT molecular complexity index is 211. The predicted octanol–water partition coefficient (Wildman–Crippen LogP) is 1.04. The van der Waals surface area contributed by atoms with Gasteiger partial charge in [0.15, 0.2) is 0 Å². The number of nitrogens with zero attached hydrogens (tertiary/aromatic N) is 3. The summed E-state index contributed by atoms with van der Waals surface area (Å²) in [7, 11) is 8.62. The predicted molar refractivity (Wildman–Crippen MR) is 98.3 cm³/mol. The van der Waals surface area contributed by atoms with Crippen molar-refractivity contribution in [1.82, 2.24) is 14.7 Å². The van der Waals surface area contributed by atoms with E-state index in [9.17, 15) is 0 Å². The summed E-state index contributed by atoms with van der Waals surface area (Å²) < 4.78 is 0. The highest BCUT2D eigenvalue weighted by molar-refractivity contribution is 4.74. The SMILES string of the molecule is CN(C)CCCC(CCCN(C)C)N(CCCN)CCCN. The van der Waals surface area contributed by atoms with Crippen LogP contribution in [0.5, 0.6) is 0 Å². The first-order valence-electron chi connectivity index (χ1n) is 8.94. The van der Waals surface area contributed by atoms with Crippen molar-refractivity contribution in [3.8, 4) is 0 Å². The van der Waals surface area contributed by atoms with E-state index in [-0.39, 0.29) is 0 Å². The van der Waals surface area contributed by atoms with Crippen molar-refractivity contribution in [3.63, 3.8) is 0 Å². The number of hydrogen-bond acceptors (Lipinski definition) is 5. The summed E-state index contributed by atoms with van der Waals surface area (Å²) in [6, 6.07) is 0.679. The van der Waals surface area contributed by atoms with E-state index in [1.165, 1.54) is 38.8 Å². The van der Waals surface area contributed by atoms with Gasteiger partial charge in [-0.1, -0.05) is 0 Å². The third kappa shape index (κ3) is 12.4. The second-order valence-corrected chi connectivity index (χ2v) is 6.87. The van der Waals surface area contributed by atoms with Crippen molar-refractivity contribution in [2.45, 2.75) is 44.6 Å². The van der Waals surface area contributed by atoms with Crippen molar-refractivity contribution in [1.29, 1.82) is 0 Å². The zero-order chi connectivity index (χ0) is 16.8. The minimum Gasteiger partial charge on any atom is -0.330 e. The lowest BCUT2D eigenvalue weighted by molar-refractivity contribution is 0.163. The van der Waals surface area contributed by atoms with Crippen LogP contribution in [-0.2, 0) is 0 Å². The molecule has 0 amide bonds. The minimum absolute atomic E-state index is 0.679. The van der Waals surface area contributed by atoms with Gasteiger partial charge in [-0.3, -0.25) is 0 Å². The standard InChI is InChI=1S/C17H41N5/c1-20(2)13-5-9-17(10-6-14-21(3)4)22(15-7-11-18)16-8-12-19/h17H,5-16,18-19H2,1-4H3. The first kappa shape index (κ1) is 21.8. The van der Waals surface area contributed by atoms with Gasteiger partial charge < -0.3 is 26.2 Å². The van der Waals surface area contributed by atoms with Crippen molar-refractivity contribution in [3.05, 3.63) is 0 Å². The maximum atomic E-state index is 5.72. The summed E-state index contributed by atoms with van der Waals surface area (Å²) in [6.07, 6.45) is 7.26. The topological polar surface area (TPSA) is 61.8 Å². The Morgan fingerprint density at radius 3 is 1.36 bits per heavy atom. The molecule has 0 fully saturated rings. The van der Waals surface area contributed by atoms with E-state index in [0.29, 0.717) is 6.04 Å². The van der Waals surface area contributed by atoms with Gasteiger partial charge in [0.05, 0.1) is 0 Å². The molecule has 0 unspecified atom stereocenters. The summed E-state index contributed by atoms with van der Waals surface area (Å²) in [5.74, 6) is 0. The second-order valence-electron chi connectivity index (χ2n) is 6.87. The average molecular weight is 316 g/mol. The third-order valence-corrected chi connectivity index (χ3v) is 4.10. The molecule has 0 aliphatic rings. The van der Waals surface area contributed by atoms with Gasteiger partial charge in [-0.15, -0.1) is 0 Å². The van der Waals surface area contributed by atoms with Crippen molar-refractivity contribution in [2.24, 2.45) is 11.5 Å². The minimum atomic E-state index is 0.679. The second kappa shape index (κ2) is 14.4. The molecule has 0 rings (SSSR count). The average Bonchev–Trinajstić information content (AvgIpc) is 2.45. The Labute approximate surface area is 139 Å². The molecule has 0 aromatic heterocycles. The van der Waals surface area contributed by atoms with Crippen LogP contribution in [0.4, 0.5) is 0 Å². The van der Waals surface area contributed by atoms with Gasteiger partial charge in [0.25, 0.3) is 0 Å². The lowest BCUT2D eigenvalue weighted by Crippen LogP contribution is -2.39. The summed E-state index contributed by atoms with van der Waals surface area (Å²) in [6.45, 7) is 6.14. The Morgan fingerprint density at radius 1 is 0.636 bits per heavy atom. The van der Waals surface area contributed by atoms with E-state index in [4.69, 9.17) is 11.5 Å². The fraction of sp³-hybridized carbons (Fsp3) is 1.00.